The maximum Gasteiger partial charge on any atom is 0.276 e. The number of H-pyrrole nitrogens is 1. The minimum atomic E-state index is -3.64. The zero-order valence-corrected chi connectivity index (χ0v) is 20.8. The van der Waals surface area contributed by atoms with Gasteiger partial charge in [-0.3, -0.25) is 4.79 Å². The molecule has 1 aromatic carbocycles. The summed E-state index contributed by atoms with van der Waals surface area (Å²) in [5, 5.41) is 4.59. The highest BCUT2D eigenvalue weighted by molar-refractivity contribution is 7.89. The van der Waals surface area contributed by atoms with Crippen molar-refractivity contribution in [2.24, 2.45) is 0 Å². The predicted molar refractivity (Wildman–Crippen MR) is 129 cm³/mol. The standard InChI is InChI=1S/C23H32N6O4S/c1-4-7-22-24-16-19-23(30)25-21(26-29(19)22)15-17-14-18(8-9-20(17)33-6-3)34(31,32)28-12-10-27(5-2)11-13-28/h8-9,14,16H,4-7,10-13,15H2,1-3H3,(H,25,26,30). The number of aromatic nitrogens is 4. The van der Waals surface area contributed by atoms with E-state index in [1.807, 2.05) is 13.8 Å². The molecule has 1 aliphatic rings. The highest BCUT2D eigenvalue weighted by Crippen LogP contribution is 2.27. The summed E-state index contributed by atoms with van der Waals surface area (Å²) < 4.78 is 35.6. The van der Waals surface area contributed by atoms with Crippen molar-refractivity contribution < 1.29 is 13.2 Å². The smallest absolute Gasteiger partial charge is 0.276 e. The second-order valence-electron chi connectivity index (χ2n) is 8.34. The van der Waals surface area contributed by atoms with Gasteiger partial charge in [-0.25, -0.2) is 17.9 Å². The Hall–Kier alpha value is -2.76. The van der Waals surface area contributed by atoms with Gasteiger partial charge in [-0.1, -0.05) is 13.8 Å². The molecule has 2 aromatic heterocycles. The summed E-state index contributed by atoms with van der Waals surface area (Å²) in [7, 11) is -3.64. The van der Waals surface area contributed by atoms with E-state index in [2.05, 4.69) is 26.9 Å². The molecule has 0 amide bonds. The Balaban J connectivity index is 1.68. The molecule has 1 aliphatic heterocycles. The lowest BCUT2D eigenvalue weighted by Gasteiger charge is -2.33. The average Bonchev–Trinajstić information content (AvgIpc) is 3.24. The molecule has 10 nitrogen and oxygen atoms in total. The van der Waals surface area contributed by atoms with E-state index in [-0.39, 0.29) is 16.9 Å². The molecule has 11 heteroatoms. The number of fused-ring (bicyclic) bond motifs is 1. The van der Waals surface area contributed by atoms with Crippen molar-refractivity contribution in [1.82, 2.24) is 28.8 Å². The summed E-state index contributed by atoms with van der Waals surface area (Å²) >= 11 is 0. The molecule has 3 aromatic rings. The van der Waals surface area contributed by atoms with Gasteiger partial charge in [0.2, 0.25) is 10.0 Å². The molecule has 4 rings (SSSR count). The zero-order chi connectivity index (χ0) is 24.3. The van der Waals surface area contributed by atoms with Crippen LogP contribution in [-0.2, 0) is 22.9 Å². The van der Waals surface area contributed by atoms with Gasteiger partial charge >= 0.3 is 0 Å². The fourth-order valence-corrected chi connectivity index (χ4v) is 5.70. The van der Waals surface area contributed by atoms with Crippen LogP contribution in [0, 0.1) is 0 Å². The molecule has 3 heterocycles. The normalized spacial score (nSPS) is 15.7. The Kier molecular flexibility index (Phi) is 7.34. The summed E-state index contributed by atoms with van der Waals surface area (Å²) in [5.74, 6) is 1.71. The quantitative estimate of drug-likeness (QED) is 0.488. The maximum absolute atomic E-state index is 13.3. The third-order valence-corrected chi connectivity index (χ3v) is 7.99. The van der Waals surface area contributed by atoms with E-state index >= 15 is 0 Å². The molecule has 0 aliphatic carbocycles. The molecule has 1 fully saturated rings. The lowest BCUT2D eigenvalue weighted by molar-refractivity contribution is 0.196. The van der Waals surface area contributed by atoms with Crippen molar-refractivity contribution in [1.29, 1.82) is 0 Å². The van der Waals surface area contributed by atoms with Crippen LogP contribution < -0.4 is 10.3 Å². The number of benzene rings is 1. The van der Waals surface area contributed by atoms with Gasteiger partial charge in [0.25, 0.3) is 5.56 Å². The molecule has 0 bridgehead atoms. The summed E-state index contributed by atoms with van der Waals surface area (Å²) in [6, 6.07) is 4.91. The Bertz CT molecular complexity index is 1310. The largest absolute Gasteiger partial charge is 0.494 e. The maximum atomic E-state index is 13.3. The third-order valence-electron chi connectivity index (χ3n) is 6.10. The van der Waals surface area contributed by atoms with E-state index in [9.17, 15) is 13.2 Å². The van der Waals surface area contributed by atoms with Crippen molar-refractivity contribution in [3.8, 4) is 5.75 Å². The van der Waals surface area contributed by atoms with Gasteiger partial charge in [-0.2, -0.15) is 9.40 Å². The Morgan fingerprint density at radius 2 is 1.88 bits per heavy atom. The van der Waals surface area contributed by atoms with Crippen LogP contribution >= 0.6 is 0 Å². The van der Waals surface area contributed by atoms with Crippen LogP contribution in [0.5, 0.6) is 5.75 Å². The molecular formula is C23H32N6O4S. The number of nitrogens with zero attached hydrogens (tertiary/aromatic N) is 5. The second-order valence-corrected chi connectivity index (χ2v) is 10.3. The van der Waals surface area contributed by atoms with Crippen LogP contribution in [0.15, 0.2) is 34.1 Å². The summed E-state index contributed by atoms with van der Waals surface area (Å²) in [6.45, 7) is 9.69. The summed E-state index contributed by atoms with van der Waals surface area (Å²) in [4.78, 5) is 22.2. The first-order valence-electron chi connectivity index (χ1n) is 11.8. The molecule has 1 N–H and O–H groups in total. The van der Waals surface area contributed by atoms with Gasteiger partial charge in [0.05, 0.1) is 17.7 Å². The lowest BCUT2D eigenvalue weighted by atomic mass is 10.1. The van der Waals surface area contributed by atoms with Crippen LogP contribution in [0.3, 0.4) is 0 Å². The number of aromatic amines is 1. The third kappa shape index (κ3) is 4.86. The van der Waals surface area contributed by atoms with Gasteiger partial charge in [-0.05, 0) is 38.1 Å². The Morgan fingerprint density at radius 3 is 2.56 bits per heavy atom. The van der Waals surface area contributed by atoms with Crippen molar-refractivity contribution in [2.75, 3.05) is 39.3 Å². The molecular weight excluding hydrogens is 456 g/mol. The molecule has 0 saturated carbocycles. The Labute approximate surface area is 199 Å². The number of rotatable bonds is 9. The number of piperazine rings is 1. The van der Waals surface area contributed by atoms with Crippen LogP contribution in [0.2, 0.25) is 0 Å². The first kappa shape index (κ1) is 24.4. The molecule has 0 unspecified atom stereocenters. The highest BCUT2D eigenvalue weighted by Gasteiger charge is 2.29. The van der Waals surface area contributed by atoms with Crippen molar-refractivity contribution in [3.63, 3.8) is 0 Å². The molecule has 184 valence electrons. The van der Waals surface area contributed by atoms with E-state index in [1.54, 1.807) is 22.7 Å². The second kappa shape index (κ2) is 10.2. The van der Waals surface area contributed by atoms with E-state index in [4.69, 9.17) is 4.74 Å². The van der Waals surface area contributed by atoms with Gasteiger partial charge in [0.15, 0.2) is 5.52 Å². The molecule has 0 radical (unpaired) electrons. The van der Waals surface area contributed by atoms with Crippen LogP contribution in [0.25, 0.3) is 5.52 Å². The molecule has 0 spiro atoms. The first-order chi connectivity index (χ1) is 16.4. The summed E-state index contributed by atoms with van der Waals surface area (Å²) in [5.41, 5.74) is 0.755. The molecule has 1 saturated heterocycles. The number of sulfonamides is 1. The molecule has 0 atom stereocenters. The van der Waals surface area contributed by atoms with E-state index in [1.165, 1.54) is 10.5 Å². The van der Waals surface area contributed by atoms with Crippen LogP contribution in [-0.4, -0.2) is 76.5 Å². The minimum absolute atomic E-state index is 0.216. The van der Waals surface area contributed by atoms with Crippen LogP contribution in [0.4, 0.5) is 0 Å². The fourth-order valence-electron chi connectivity index (χ4n) is 4.23. The number of likely N-dealkylation sites (N-methyl/N-ethyl adjacent to an activating group) is 1. The van der Waals surface area contributed by atoms with Crippen molar-refractivity contribution >= 4 is 15.5 Å². The van der Waals surface area contributed by atoms with Gasteiger partial charge in [-0.15, -0.1) is 0 Å². The fraction of sp³-hybridized carbons (Fsp3) is 0.522. The van der Waals surface area contributed by atoms with E-state index < -0.39 is 10.0 Å². The number of hydrogen-bond acceptors (Lipinski definition) is 7. The minimum Gasteiger partial charge on any atom is -0.494 e. The van der Waals surface area contributed by atoms with Crippen LogP contribution in [0.1, 0.15) is 44.4 Å². The SMILES string of the molecule is CCCc1ncc2c(=O)[nH]c(Cc3cc(S(=O)(=O)N4CCN(CC)CC4)ccc3OCC)nn12. The highest BCUT2D eigenvalue weighted by atomic mass is 32.2. The van der Waals surface area contributed by atoms with E-state index in [0.29, 0.717) is 48.8 Å². The topological polar surface area (TPSA) is 113 Å². The number of nitrogens with one attached hydrogen (secondary N) is 1. The molecule has 34 heavy (non-hydrogen) atoms. The van der Waals surface area contributed by atoms with Crippen molar-refractivity contribution in [2.45, 2.75) is 44.9 Å². The number of ether oxygens (including phenoxy) is 1. The summed E-state index contributed by atoms with van der Waals surface area (Å²) in [6.07, 6.45) is 3.33. The number of aryl methyl sites for hydroxylation is 1. The lowest BCUT2D eigenvalue weighted by Crippen LogP contribution is -2.48. The first-order valence-corrected chi connectivity index (χ1v) is 13.2. The van der Waals surface area contributed by atoms with Gasteiger partial charge in [0.1, 0.15) is 17.4 Å². The monoisotopic (exact) mass is 488 g/mol. The van der Waals surface area contributed by atoms with Crippen molar-refractivity contribution in [3.05, 3.63) is 52.0 Å². The van der Waals surface area contributed by atoms with Gasteiger partial charge in [0, 0.05) is 44.6 Å². The predicted octanol–water partition coefficient (Wildman–Crippen LogP) is 1.69. The zero-order valence-electron chi connectivity index (χ0n) is 20.0. The number of imidazole rings is 1. The Morgan fingerprint density at radius 1 is 1.12 bits per heavy atom. The van der Waals surface area contributed by atoms with E-state index in [0.717, 1.165) is 31.9 Å². The average molecular weight is 489 g/mol. The number of hydrogen-bond donors (Lipinski definition) is 1. The van der Waals surface area contributed by atoms with Gasteiger partial charge < -0.3 is 14.6 Å².